The number of hydrogen-bond acceptors (Lipinski definition) is 3. The molecule has 2 aliphatic rings. The number of aromatic nitrogens is 1. The first-order chi connectivity index (χ1) is 30.2. The molecule has 8 aromatic carbocycles. The van der Waals surface area contributed by atoms with Crippen LogP contribution < -0.4 is 0 Å². The van der Waals surface area contributed by atoms with Crippen LogP contribution >= 0.6 is 0 Å². The van der Waals surface area contributed by atoms with Gasteiger partial charge >= 0.3 is 0 Å². The predicted molar refractivity (Wildman–Crippen MR) is 254 cm³/mol. The third-order valence-electron chi connectivity index (χ3n) is 13.8. The van der Waals surface area contributed by atoms with Gasteiger partial charge in [0.15, 0.2) is 0 Å². The van der Waals surface area contributed by atoms with E-state index in [1.807, 2.05) is 36.4 Å². The summed E-state index contributed by atoms with van der Waals surface area (Å²) >= 11 is 0. The summed E-state index contributed by atoms with van der Waals surface area (Å²) in [5.41, 5.74) is 19.1. The molecule has 1 aromatic heterocycles. The summed E-state index contributed by atoms with van der Waals surface area (Å²) in [6, 6.07) is 65.4. The van der Waals surface area contributed by atoms with E-state index in [2.05, 4.69) is 179 Å². The van der Waals surface area contributed by atoms with Gasteiger partial charge in [-0.2, -0.15) is 0 Å². The maximum absolute atomic E-state index is 12.5. The number of fused-ring (bicyclic) bond motifs is 6. The Labute approximate surface area is 388 Å². The maximum atomic E-state index is 12.5. The van der Waals surface area contributed by atoms with Crippen molar-refractivity contribution in [2.24, 2.45) is 0 Å². The van der Waals surface area contributed by atoms with Crippen LogP contribution in [0.3, 0.4) is 0 Å². The van der Waals surface area contributed by atoms with E-state index in [-0.39, 0.29) is 37.3 Å². The number of benzene rings is 8. The van der Waals surface area contributed by atoms with E-state index < -0.39 is 10.8 Å². The molecule has 2 N–H and O–H groups in total. The molecule has 0 fully saturated rings. The summed E-state index contributed by atoms with van der Waals surface area (Å²) in [5.74, 6) is 0.538. The average molecular weight is 979 g/mol. The first-order valence-electron chi connectivity index (χ1n) is 21.4. The Kier molecular flexibility index (Phi) is 9.84. The third-order valence-corrected chi connectivity index (χ3v) is 13.8. The number of rotatable bonds is 6. The number of nitrogens with zero attached hydrogens (tertiary/aromatic N) is 1. The van der Waals surface area contributed by atoms with E-state index in [4.69, 9.17) is 4.98 Å². The maximum Gasteiger partial charge on any atom is 0.127 e. The second kappa shape index (κ2) is 15.3. The van der Waals surface area contributed by atoms with Crippen LogP contribution in [0.4, 0.5) is 0 Å². The van der Waals surface area contributed by atoms with E-state index in [0.29, 0.717) is 0 Å². The monoisotopic (exact) mass is 979 g/mol. The molecule has 0 atom stereocenters. The van der Waals surface area contributed by atoms with Crippen LogP contribution in [0.5, 0.6) is 11.5 Å². The Morgan fingerprint density at radius 2 is 0.603 bits per heavy atom. The van der Waals surface area contributed by atoms with Crippen LogP contribution in [0.1, 0.15) is 58.4 Å². The molecule has 63 heavy (non-hydrogen) atoms. The first-order valence-corrected chi connectivity index (χ1v) is 21.4. The molecule has 0 aliphatic heterocycles. The van der Waals surface area contributed by atoms with Gasteiger partial charge in [0, 0.05) is 70.1 Å². The molecule has 0 amide bonds. The summed E-state index contributed by atoms with van der Waals surface area (Å²) in [5, 5.41) is 25.1. The molecular formula is C59H45HfNO2. The van der Waals surface area contributed by atoms with E-state index in [9.17, 15) is 10.2 Å². The second-order valence-electron chi connectivity index (χ2n) is 17.3. The molecule has 0 radical (unpaired) electrons. The molecular weight excluding hydrogens is 933 g/mol. The van der Waals surface area contributed by atoms with Crippen molar-refractivity contribution in [1.29, 1.82) is 0 Å². The van der Waals surface area contributed by atoms with Crippen molar-refractivity contribution in [3.8, 4) is 78.5 Å². The number of phenols is 2. The molecule has 302 valence electrons. The van der Waals surface area contributed by atoms with Gasteiger partial charge in [0.1, 0.15) is 11.5 Å². The number of aryl methyl sites for hydroxylation is 2. The fourth-order valence-corrected chi connectivity index (χ4v) is 10.8. The Bertz CT molecular complexity index is 2980. The third kappa shape index (κ3) is 6.06. The van der Waals surface area contributed by atoms with Gasteiger partial charge in [-0.15, -0.1) is 0 Å². The molecule has 11 rings (SSSR count). The SMILES string of the molecule is Cc1cc(-c2ccccc2-c2cccc(-c3ccccc3-c3cc(C)cc(C4(C)c5ccccc5-c5ccccc54)c3O)n2)c(O)c(C2(C)c3ccccc3-c3ccccc32)c1.[Hf]. The van der Waals surface area contributed by atoms with E-state index in [1.54, 1.807) is 0 Å². The molecule has 0 saturated carbocycles. The second-order valence-corrected chi connectivity index (χ2v) is 17.3. The zero-order valence-corrected chi connectivity index (χ0v) is 39.3. The van der Waals surface area contributed by atoms with Gasteiger partial charge in [0.05, 0.1) is 11.4 Å². The average Bonchev–Trinajstić information content (AvgIpc) is 3.73. The molecule has 0 saturated heterocycles. The molecule has 0 spiro atoms. The number of pyridine rings is 1. The fourth-order valence-electron chi connectivity index (χ4n) is 10.8. The fraction of sp³-hybridized carbons (Fsp3) is 0.102. The van der Waals surface area contributed by atoms with Gasteiger partial charge in [0.2, 0.25) is 0 Å². The van der Waals surface area contributed by atoms with Gasteiger partial charge in [-0.1, -0.05) is 164 Å². The first kappa shape index (κ1) is 40.5. The zero-order valence-electron chi connectivity index (χ0n) is 35.7. The molecule has 2 aliphatic carbocycles. The van der Waals surface area contributed by atoms with Crippen molar-refractivity contribution < 1.29 is 36.1 Å². The smallest absolute Gasteiger partial charge is 0.127 e. The van der Waals surface area contributed by atoms with Gasteiger partial charge in [0.25, 0.3) is 0 Å². The number of aromatic hydroxyl groups is 2. The van der Waals surface area contributed by atoms with Crippen molar-refractivity contribution in [3.63, 3.8) is 0 Å². The van der Waals surface area contributed by atoms with Gasteiger partial charge < -0.3 is 10.2 Å². The zero-order chi connectivity index (χ0) is 42.3. The summed E-state index contributed by atoms with van der Waals surface area (Å²) < 4.78 is 0. The Morgan fingerprint density at radius 1 is 0.317 bits per heavy atom. The van der Waals surface area contributed by atoms with E-state index in [1.165, 1.54) is 44.5 Å². The standard InChI is InChI=1S/C59H45NO2.Hf/c1-36-32-46(56(61)52(34-36)58(3)48-26-13-9-20-40(48)41-21-10-14-27-49(41)58)38-18-5-7-24-44(38)54-30-17-31-55(60-54)45-25-8-6-19-39(45)47-33-37(2)35-53(57(47)62)59(4)50-28-15-11-22-42(50)43-23-12-16-29-51(43)59;/h5-35,61-62H,1-4H3;. The number of hydrogen-bond donors (Lipinski definition) is 2. The van der Waals surface area contributed by atoms with Crippen LogP contribution in [-0.4, -0.2) is 15.2 Å². The molecule has 0 bridgehead atoms. The normalized spacial score (nSPS) is 13.7. The minimum absolute atomic E-state index is 0. The van der Waals surface area contributed by atoms with Crippen molar-refractivity contribution in [1.82, 2.24) is 4.98 Å². The van der Waals surface area contributed by atoms with Crippen LogP contribution in [0.25, 0.3) is 67.0 Å². The van der Waals surface area contributed by atoms with Crippen molar-refractivity contribution in [3.05, 3.63) is 233 Å². The van der Waals surface area contributed by atoms with Crippen LogP contribution in [0, 0.1) is 13.8 Å². The molecule has 4 heteroatoms. The van der Waals surface area contributed by atoms with Crippen LogP contribution in [0.2, 0.25) is 0 Å². The number of phenolic OH excluding ortho intramolecular Hbond substituents is 2. The molecule has 0 unspecified atom stereocenters. The minimum Gasteiger partial charge on any atom is -0.507 e. The summed E-state index contributed by atoms with van der Waals surface area (Å²) in [7, 11) is 0. The predicted octanol–water partition coefficient (Wildman–Crippen LogP) is 14.4. The van der Waals surface area contributed by atoms with E-state index in [0.717, 1.165) is 67.0 Å². The van der Waals surface area contributed by atoms with Crippen LogP contribution in [-0.2, 0) is 36.7 Å². The summed E-state index contributed by atoms with van der Waals surface area (Å²) in [4.78, 5) is 5.37. The minimum atomic E-state index is -0.558. The van der Waals surface area contributed by atoms with Gasteiger partial charge in [-0.25, -0.2) is 4.98 Å². The largest absolute Gasteiger partial charge is 0.507 e. The van der Waals surface area contributed by atoms with Gasteiger partial charge in [-0.05, 0) is 119 Å². The van der Waals surface area contributed by atoms with Gasteiger partial charge in [-0.3, -0.25) is 0 Å². The quantitative estimate of drug-likeness (QED) is 0.163. The summed E-state index contributed by atoms with van der Waals surface area (Å²) in [6.07, 6.45) is 0. The topological polar surface area (TPSA) is 53.4 Å². The van der Waals surface area contributed by atoms with E-state index >= 15 is 0 Å². The Morgan fingerprint density at radius 3 is 0.937 bits per heavy atom. The van der Waals surface area contributed by atoms with Crippen molar-refractivity contribution in [2.75, 3.05) is 0 Å². The molecule has 9 aromatic rings. The Balaban J connectivity index is 0.00000471. The van der Waals surface area contributed by atoms with Crippen molar-refractivity contribution >= 4 is 0 Å². The summed E-state index contributed by atoms with van der Waals surface area (Å²) in [6.45, 7) is 8.70. The molecule has 1 heterocycles. The van der Waals surface area contributed by atoms with Crippen LogP contribution in [0.15, 0.2) is 188 Å². The Hall–Kier alpha value is -6.62. The van der Waals surface area contributed by atoms with Crippen molar-refractivity contribution in [2.45, 2.75) is 38.5 Å². The molecule has 3 nitrogen and oxygen atoms in total.